The summed E-state index contributed by atoms with van der Waals surface area (Å²) in [5.74, 6) is 0. The lowest BCUT2D eigenvalue weighted by Gasteiger charge is -2.10. The first-order valence-electron chi connectivity index (χ1n) is 3.44. The van der Waals surface area contributed by atoms with Crippen molar-refractivity contribution in [1.29, 1.82) is 0 Å². The minimum absolute atomic E-state index is 0.0514. The molecule has 0 N–H and O–H groups in total. The molecular weight excluding hydrogens is 185 g/mol. The molecule has 0 bridgehead atoms. The van der Waals surface area contributed by atoms with Gasteiger partial charge in [0.15, 0.2) is 0 Å². The van der Waals surface area contributed by atoms with Crippen LogP contribution in [0.2, 0.25) is 0 Å². The van der Waals surface area contributed by atoms with E-state index in [0.29, 0.717) is 10.8 Å². The molecule has 1 aromatic rings. The fourth-order valence-electron chi connectivity index (χ4n) is 0.915. The average Bonchev–Trinajstić information content (AvgIpc) is 1.98. The summed E-state index contributed by atoms with van der Waals surface area (Å²) in [4.78, 5) is 14.4. The number of rotatable bonds is 0. The van der Waals surface area contributed by atoms with E-state index < -0.39 is 17.4 Å². The maximum absolute atomic E-state index is 12.2. The van der Waals surface area contributed by atoms with Crippen LogP contribution in [0, 0.1) is 6.92 Å². The molecule has 0 saturated heterocycles. The van der Waals surface area contributed by atoms with Gasteiger partial charge in [-0.1, -0.05) is 0 Å². The van der Waals surface area contributed by atoms with Gasteiger partial charge in [-0.15, -0.1) is 0 Å². The zero-order valence-corrected chi connectivity index (χ0v) is 7.01. The first kappa shape index (κ1) is 9.76. The maximum atomic E-state index is 12.2. The van der Waals surface area contributed by atoms with Gasteiger partial charge in [-0.2, -0.15) is 13.2 Å². The summed E-state index contributed by atoms with van der Waals surface area (Å²) in [5, 5.41) is 0. The molecule has 0 spiro atoms. The molecule has 0 saturated carbocycles. The molecule has 6 heteroatoms. The monoisotopic (exact) mass is 192 g/mol. The van der Waals surface area contributed by atoms with Crippen LogP contribution in [0.3, 0.4) is 0 Å². The van der Waals surface area contributed by atoms with E-state index in [1.165, 1.54) is 6.92 Å². The Morgan fingerprint density at radius 3 is 2.46 bits per heavy atom. The predicted molar refractivity (Wildman–Crippen MR) is 39.2 cm³/mol. The van der Waals surface area contributed by atoms with Gasteiger partial charge < -0.3 is 4.57 Å². The van der Waals surface area contributed by atoms with E-state index in [2.05, 4.69) is 4.98 Å². The van der Waals surface area contributed by atoms with E-state index in [4.69, 9.17) is 0 Å². The quantitative estimate of drug-likeness (QED) is 0.617. The van der Waals surface area contributed by atoms with Crippen molar-refractivity contribution in [2.75, 3.05) is 0 Å². The van der Waals surface area contributed by atoms with Gasteiger partial charge in [-0.3, -0.25) is 9.78 Å². The van der Waals surface area contributed by atoms with E-state index in [9.17, 15) is 18.0 Å². The third-order valence-electron chi connectivity index (χ3n) is 1.65. The van der Waals surface area contributed by atoms with Gasteiger partial charge in [0.1, 0.15) is 11.4 Å². The van der Waals surface area contributed by atoms with Crippen molar-refractivity contribution in [2.24, 2.45) is 7.05 Å². The van der Waals surface area contributed by atoms with E-state index in [0.717, 1.165) is 7.05 Å². The van der Waals surface area contributed by atoms with Crippen LogP contribution < -0.4 is 5.56 Å². The summed E-state index contributed by atoms with van der Waals surface area (Å²) < 4.78 is 37.0. The number of halogens is 3. The SMILES string of the molecule is Cc1ncc(C(F)(F)F)n(C)c1=O. The molecule has 1 rings (SSSR count). The summed E-state index contributed by atoms with van der Waals surface area (Å²) >= 11 is 0. The van der Waals surface area contributed by atoms with E-state index in [1.54, 1.807) is 0 Å². The third-order valence-corrected chi connectivity index (χ3v) is 1.65. The van der Waals surface area contributed by atoms with Crippen LogP contribution in [0.5, 0.6) is 0 Å². The highest BCUT2D eigenvalue weighted by molar-refractivity contribution is 5.07. The molecule has 0 unspecified atom stereocenters. The van der Waals surface area contributed by atoms with Crippen molar-refractivity contribution in [2.45, 2.75) is 13.1 Å². The highest BCUT2D eigenvalue weighted by atomic mass is 19.4. The zero-order chi connectivity index (χ0) is 10.2. The minimum Gasteiger partial charge on any atom is -0.305 e. The van der Waals surface area contributed by atoms with Crippen molar-refractivity contribution < 1.29 is 13.2 Å². The molecule has 72 valence electrons. The first-order valence-corrected chi connectivity index (χ1v) is 3.44. The van der Waals surface area contributed by atoms with Gasteiger partial charge in [0, 0.05) is 7.05 Å². The number of hydrogen-bond donors (Lipinski definition) is 0. The molecular formula is C7H7F3N2O. The Balaban J connectivity index is 3.44. The summed E-state index contributed by atoms with van der Waals surface area (Å²) in [6.07, 6.45) is -3.88. The van der Waals surface area contributed by atoms with Crippen molar-refractivity contribution in [1.82, 2.24) is 9.55 Å². The Morgan fingerprint density at radius 1 is 1.46 bits per heavy atom. The van der Waals surface area contributed by atoms with Crippen molar-refractivity contribution in [3.8, 4) is 0 Å². The van der Waals surface area contributed by atoms with Gasteiger partial charge in [-0.25, -0.2) is 0 Å². The summed E-state index contributed by atoms with van der Waals surface area (Å²) in [7, 11) is 1.07. The summed E-state index contributed by atoms with van der Waals surface area (Å²) in [5.41, 5.74) is -1.71. The molecule has 0 aliphatic rings. The Kier molecular flexibility index (Phi) is 2.15. The Labute approximate surface area is 71.8 Å². The highest BCUT2D eigenvalue weighted by Gasteiger charge is 2.34. The van der Waals surface area contributed by atoms with Crippen LogP contribution in [0.4, 0.5) is 13.2 Å². The molecule has 0 aliphatic carbocycles. The molecule has 3 nitrogen and oxygen atoms in total. The van der Waals surface area contributed by atoms with Gasteiger partial charge in [0.05, 0.1) is 6.20 Å². The van der Waals surface area contributed by atoms with Gasteiger partial charge in [0.25, 0.3) is 5.56 Å². The Morgan fingerprint density at radius 2 is 2.00 bits per heavy atom. The second-order valence-electron chi connectivity index (χ2n) is 2.59. The van der Waals surface area contributed by atoms with Crippen LogP contribution >= 0.6 is 0 Å². The molecule has 0 amide bonds. The lowest BCUT2D eigenvalue weighted by atomic mass is 10.4. The topological polar surface area (TPSA) is 34.9 Å². The second-order valence-corrected chi connectivity index (χ2v) is 2.59. The van der Waals surface area contributed by atoms with Crippen LogP contribution in [0.15, 0.2) is 11.0 Å². The van der Waals surface area contributed by atoms with E-state index in [1.807, 2.05) is 0 Å². The molecule has 0 aromatic carbocycles. The van der Waals surface area contributed by atoms with Gasteiger partial charge in [-0.05, 0) is 6.92 Å². The molecule has 1 heterocycles. The standard InChI is InChI=1S/C7H7F3N2O/c1-4-6(13)12(2)5(3-11-4)7(8,9)10/h3H,1-2H3. The van der Waals surface area contributed by atoms with Crippen molar-refractivity contribution in [3.05, 3.63) is 27.9 Å². The summed E-state index contributed by atoms with van der Waals surface area (Å²) in [6, 6.07) is 0. The van der Waals surface area contributed by atoms with Crippen LogP contribution in [0.25, 0.3) is 0 Å². The average molecular weight is 192 g/mol. The first-order chi connectivity index (χ1) is 5.84. The van der Waals surface area contributed by atoms with Gasteiger partial charge in [0.2, 0.25) is 0 Å². The minimum atomic E-state index is -4.53. The molecule has 0 atom stereocenters. The lowest BCUT2D eigenvalue weighted by molar-refractivity contribution is -0.144. The smallest absolute Gasteiger partial charge is 0.305 e. The fourth-order valence-corrected chi connectivity index (χ4v) is 0.915. The number of aryl methyl sites for hydroxylation is 1. The van der Waals surface area contributed by atoms with Crippen LogP contribution in [-0.2, 0) is 13.2 Å². The van der Waals surface area contributed by atoms with E-state index in [-0.39, 0.29) is 5.69 Å². The third kappa shape index (κ3) is 1.71. The number of alkyl halides is 3. The zero-order valence-electron chi connectivity index (χ0n) is 7.01. The van der Waals surface area contributed by atoms with Crippen molar-refractivity contribution in [3.63, 3.8) is 0 Å². The highest BCUT2D eigenvalue weighted by Crippen LogP contribution is 2.27. The van der Waals surface area contributed by atoms with Crippen molar-refractivity contribution >= 4 is 0 Å². The largest absolute Gasteiger partial charge is 0.433 e. The number of nitrogens with zero attached hydrogens (tertiary/aromatic N) is 2. The predicted octanol–water partition coefficient (Wildman–Crippen LogP) is 1.11. The molecule has 0 fully saturated rings. The number of hydrogen-bond acceptors (Lipinski definition) is 2. The lowest BCUT2D eigenvalue weighted by Crippen LogP contribution is -2.27. The normalized spacial score (nSPS) is 11.8. The van der Waals surface area contributed by atoms with Crippen LogP contribution in [0.1, 0.15) is 11.4 Å². The van der Waals surface area contributed by atoms with Crippen LogP contribution in [-0.4, -0.2) is 9.55 Å². The van der Waals surface area contributed by atoms with Gasteiger partial charge >= 0.3 is 6.18 Å². The number of aromatic nitrogens is 2. The Bertz CT molecular complexity index is 380. The molecule has 0 radical (unpaired) electrons. The molecule has 1 aromatic heterocycles. The summed E-state index contributed by atoms with van der Waals surface area (Å²) in [6.45, 7) is 1.36. The Hall–Kier alpha value is -1.33. The second kappa shape index (κ2) is 2.86. The molecule has 13 heavy (non-hydrogen) atoms. The maximum Gasteiger partial charge on any atom is 0.433 e. The van der Waals surface area contributed by atoms with E-state index >= 15 is 0 Å². The fraction of sp³-hybridized carbons (Fsp3) is 0.429. The molecule has 0 aliphatic heterocycles.